The Bertz CT molecular complexity index is 638. The molecule has 0 saturated carbocycles. The molecule has 1 aromatic heterocycles. The van der Waals surface area contributed by atoms with E-state index in [1.807, 2.05) is 0 Å². The number of rotatable bonds is 4. The molecule has 0 amide bonds. The van der Waals surface area contributed by atoms with Crippen LogP contribution in [0.25, 0.3) is 11.0 Å². The second-order valence-electron chi connectivity index (χ2n) is 5.42. The fourth-order valence-corrected chi connectivity index (χ4v) is 3.19. The van der Waals surface area contributed by atoms with Crippen LogP contribution in [0.1, 0.15) is 18.7 Å². The highest BCUT2D eigenvalue weighted by molar-refractivity contribution is 6.31. The Labute approximate surface area is 133 Å². The van der Waals surface area contributed by atoms with E-state index in [-0.39, 0.29) is 5.02 Å². The van der Waals surface area contributed by atoms with Crippen LogP contribution in [-0.2, 0) is 17.7 Å². The molecule has 1 aliphatic rings. The van der Waals surface area contributed by atoms with Crippen LogP contribution in [0.5, 0.6) is 0 Å². The van der Waals surface area contributed by atoms with E-state index in [1.54, 1.807) is 6.07 Å². The molecular weight excluding hydrogens is 314 g/mol. The van der Waals surface area contributed by atoms with E-state index < -0.39 is 5.82 Å². The predicted octanol–water partition coefficient (Wildman–Crippen LogP) is 4.04. The Morgan fingerprint density at radius 3 is 3.00 bits per heavy atom. The molecule has 3 rings (SSSR count). The van der Waals surface area contributed by atoms with Gasteiger partial charge in [-0.2, -0.15) is 0 Å². The molecule has 21 heavy (non-hydrogen) atoms. The second-order valence-corrected chi connectivity index (χ2v) is 6.20. The first-order valence-corrected chi connectivity index (χ1v) is 8.08. The number of hydrogen-bond donors (Lipinski definition) is 0. The average Bonchev–Trinajstić information content (AvgIpc) is 2.79. The summed E-state index contributed by atoms with van der Waals surface area (Å²) >= 11 is 11.7. The van der Waals surface area contributed by atoms with Gasteiger partial charge in [-0.15, -0.1) is 11.6 Å². The Hall–Kier alpha value is -0.840. The molecule has 0 radical (unpaired) electrons. The predicted molar refractivity (Wildman–Crippen MR) is 82.7 cm³/mol. The third kappa shape index (κ3) is 3.17. The van der Waals surface area contributed by atoms with Gasteiger partial charge in [-0.1, -0.05) is 11.6 Å². The minimum Gasteiger partial charge on any atom is -0.381 e. The van der Waals surface area contributed by atoms with Crippen LogP contribution in [0, 0.1) is 11.7 Å². The van der Waals surface area contributed by atoms with Crippen molar-refractivity contribution >= 4 is 34.2 Å². The molecule has 2 aromatic rings. The van der Waals surface area contributed by atoms with Crippen LogP contribution in [0.2, 0.25) is 5.02 Å². The molecule has 1 aromatic carbocycles. The van der Waals surface area contributed by atoms with E-state index >= 15 is 0 Å². The van der Waals surface area contributed by atoms with Crippen LogP contribution < -0.4 is 0 Å². The van der Waals surface area contributed by atoms with Crippen LogP contribution in [0.3, 0.4) is 0 Å². The zero-order valence-electron chi connectivity index (χ0n) is 11.6. The zero-order valence-corrected chi connectivity index (χ0v) is 13.1. The Balaban J connectivity index is 2.00. The lowest BCUT2D eigenvalue weighted by atomic mass is 10.0. The van der Waals surface area contributed by atoms with Crippen molar-refractivity contribution in [1.29, 1.82) is 0 Å². The number of benzene rings is 1. The molecule has 1 fully saturated rings. The molecule has 1 saturated heterocycles. The van der Waals surface area contributed by atoms with Gasteiger partial charge in [-0.3, -0.25) is 0 Å². The van der Waals surface area contributed by atoms with Gasteiger partial charge in [0.25, 0.3) is 0 Å². The Kier molecular flexibility index (Phi) is 4.67. The lowest BCUT2D eigenvalue weighted by Gasteiger charge is -2.23. The third-order valence-electron chi connectivity index (χ3n) is 3.88. The van der Waals surface area contributed by atoms with Crippen molar-refractivity contribution in [2.45, 2.75) is 25.8 Å². The van der Waals surface area contributed by atoms with E-state index in [4.69, 9.17) is 27.9 Å². The van der Waals surface area contributed by atoms with Gasteiger partial charge in [0.05, 0.1) is 22.7 Å². The van der Waals surface area contributed by atoms with Gasteiger partial charge in [-0.25, -0.2) is 9.37 Å². The Morgan fingerprint density at radius 2 is 2.29 bits per heavy atom. The summed E-state index contributed by atoms with van der Waals surface area (Å²) in [6.45, 7) is 2.36. The van der Waals surface area contributed by atoms with Crippen LogP contribution >= 0.6 is 23.2 Å². The molecule has 0 spiro atoms. The average molecular weight is 331 g/mol. The van der Waals surface area contributed by atoms with Crippen molar-refractivity contribution in [3.63, 3.8) is 0 Å². The molecule has 6 heteroatoms. The summed E-state index contributed by atoms with van der Waals surface area (Å²) in [6, 6.07) is 3.05. The van der Waals surface area contributed by atoms with Gasteiger partial charge >= 0.3 is 0 Å². The van der Waals surface area contributed by atoms with Crippen molar-refractivity contribution in [1.82, 2.24) is 9.55 Å². The molecule has 1 unspecified atom stereocenters. The highest BCUT2D eigenvalue weighted by Gasteiger charge is 2.19. The van der Waals surface area contributed by atoms with Crippen molar-refractivity contribution in [3.05, 3.63) is 28.8 Å². The first-order chi connectivity index (χ1) is 10.2. The van der Waals surface area contributed by atoms with Crippen LogP contribution in [0.15, 0.2) is 12.1 Å². The number of fused-ring (bicyclic) bond motifs is 1. The molecule has 0 bridgehead atoms. The molecule has 2 heterocycles. The van der Waals surface area contributed by atoms with E-state index in [2.05, 4.69) is 9.55 Å². The maximum Gasteiger partial charge on any atom is 0.144 e. The number of imidazole rings is 1. The number of aromatic nitrogens is 2. The van der Waals surface area contributed by atoms with Gasteiger partial charge in [0, 0.05) is 37.4 Å². The fraction of sp³-hybridized carbons (Fsp3) is 0.533. The molecule has 1 aliphatic heterocycles. The highest BCUT2D eigenvalue weighted by atomic mass is 35.5. The summed E-state index contributed by atoms with van der Waals surface area (Å²) in [7, 11) is 0. The second kappa shape index (κ2) is 6.51. The van der Waals surface area contributed by atoms with Gasteiger partial charge in [-0.05, 0) is 18.9 Å². The van der Waals surface area contributed by atoms with Crippen molar-refractivity contribution in [3.8, 4) is 0 Å². The summed E-state index contributed by atoms with van der Waals surface area (Å²) in [5, 5.41) is 0.102. The number of hydrogen-bond acceptors (Lipinski definition) is 2. The standard InChI is InChI=1S/C15H17Cl2FN2O/c16-4-3-15-19-13-6-11(17)12(18)7-14(13)20(15)8-10-2-1-5-21-9-10/h6-7,10H,1-5,8-9H2. The number of nitrogens with zero attached hydrogens (tertiary/aromatic N) is 2. The molecule has 114 valence electrons. The lowest BCUT2D eigenvalue weighted by Crippen LogP contribution is -2.23. The largest absolute Gasteiger partial charge is 0.381 e. The summed E-state index contributed by atoms with van der Waals surface area (Å²) in [4.78, 5) is 4.56. The maximum absolute atomic E-state index is 13.8. The monoisotopic (exact) mass is 330 g/mol. The van der Waals surface area contributed by atoms with E-state index in [0.717, 1.165) is 49.5 Å². The quantitative estimate of drug-likeness (QED) is 0.791. The van der Waals surface area contributed by atoms with Crippen molar-refractivity contribution in [2.75, 3.05) is 19.1 Å². The fourth-order valence-electron chi connectivity index (χ4n) is 2.86. The lowest BCUT2D eigenvalue weighted by molar-refractivity contribution is 0.0485. The summed E-state index contributed by atoms with van der Waals surface area (Å²) in [5.41, 5.74) is 1.50. The normalized spacial score (nSPS) is 19.3. The van der Waals surface area contributed by atoms with E-state index in [1.165, 1.54) is 6.07 Å². The van der Waals surface area contributed by atoms with Gasteiger partial charge < -0.3 is 9.30 Å². The van der Waals surface area contributed by atoms with Crippen LogP contribution in [0.4, 0.5) is 4.39 Å². The molecule has 1 atom stereocenters. The Morgan fingerprint density at radius 1 is 1.43 bits per heavy atom. The first kappa shape index (κ1) is 15.1. The number of alkyl halides is 1. The summed E-state index contributed by atoms with van der Waals surface area (Å²) < 4.78 is 21.4. The first-order valence-electron chi connectivity index (χ1n) is 7.17. The number of halogens is 3. The van der Waals surface area contributed by atoms with Crippen LogP contribution in [-0.4, -0.2) is 28.6 Å². The smallest absolute Gasteiger partial charge is 0.144 e. The van der Waals surface area contributed by atoms with E-state index in [9.17, 15) is 4.39 Å². The zero-order chi connectivity index (χ0) is 14.8. The number of aryl methyl sites for hydroxylation is 1. The van der Waals surface area contributed by atoms with Gasteiger partial charge in [0.15, 0.2) is 0 Å². The minimum atomic E-state index is -0.414. The number of ether oxygens (including phenoxy) is 1. The van der Waals surface area contributed by atoms with E-state index in [0.29, 0.717) is 18.2 Å². The van der Waals surface area contributed by atoms with Crippen molar-refractivity contribution < 1.29 is 9.13 Å². The molecule has 0 N–H and O–H groups in total. The molecule has 3 nitrogen and oxygen atoms in total. The third-order valence-corrected chi connectivity index (χ3v) is 4.36. The molecular formula is C15H17Cl2FN2O. The van der Waals surface area contributed by atoms with Gasteiger partial charge in [0.2, 0.25) is 0 Å². The molecule has 0 aliphatic carbocycles. The summed E-state index contributed by atoms with van der Waals surface area (Å²) in [6.07, 6.45) is 2.85. The summed E-state index contributed by atoms with van der Waals surface area (Å²) in [5.74, 6) is 1.39. The SMILES string of the molecule is Fc1cc2c(cc1Cl)nc(CCCl)n2CC1CCCOC1. The maximum atomic E-state index is 13.8. The van der Waals surface area contributed by atoms with Gasteiger partial charge in [0.1, 0.15) is 11.6 Å². The van der Waals surface area contributed by atoms with Crippen molar-refractivity contribution in [2.24, 2.45) is 5.92 Å². The topological polar surface area (TPSA) is 27.1 Å². The minimum absolute atomic E-state index is 0.102. The highest BCUT2D eigenvalue weighted by Crippen LogP contribution is 2.26.